The Morgan fingerprint density at radius 2 is 1.91 bits per heavy atom. The second-order valence-electron chi connectivity index (χ2n) is 4.86. The molecule has 7 nitrogen and oxygen atoms in total. The number of aliphatic carboxylic acids is 1. The van der Waals surface area contributed by atoms with E-state index in [1.165, 1.54) is 6.21 Å². The van der Waals surface area contributed by atoms with Gasteiger partial charge in [0.05, 0.1) is 20.4 Å². The lowest BCUT2D eigenvalue weighted by atomic mass is 10.1. The normalized spacial score (nSPS) is 10.5. The van der Waals surface area contributed by atoms with Gasteiger partial charge in [-0.25, -0.2) is 5.43 Å². The molecule has 1 aromatic carbocycles. The summed E-state index contributed by atoms with van der Waals surface area (Å²) in [6.07, 6.45) is 3.87. The van der Waals surface area contributed by atoms with Crippen molar-refractivity contribution in [3.8, 4) is 11.5 Å². The lowest BCUT2D eigenvalue weighted by Gasteiger charge is -2.06. The minimum atomic E-state index is -0.813. The first kappa shape index (κ1) is 18.5. The summed E-state index contributed by atoms with van der Waals surface area (Å²) in [6, 6.07) is 5.28. The summed E-state index contributed by atoms with van der Waals surface area (Å²) in [5.74, 6) is 0.247. The number of methoxy groups -OCH3 is 2. The molecule has 1 amide bonds. The van der Waals surface area contributed by atoms with Gasteiger partial charge in [0.2, 0.25) is 5.91 Å². The molecule has 0 saturated carbocycles. The van der Waals surface area contributed by atoms with Crippen LogP contribution in [0.2, 0.25) is 0 Å². The van der Waals surface area contributed by atoms with Crippen molar-refractivity contribution in [2.45, 2.75) is 32.1 Å². The SMILES string of the molecule is COc1ccc(/C=N/NC(=O)CCCCCC(=O)O)c(OC)c1. The summed E-state index contributed by atoms with van der Waals surface area (Å²) >= 11 is 0. The van der Waals surface area contributed by atoms with Crippen molar-refractivity contribution in [1.82, 2.24) is 5.43 Å². The van der Waals surface area contributed by atoms with Crippen molar-refractivity contribution >= 4 is 18.1 Å². The van der Waals surface area contributed by atoms with Gasteiger partial charge in [-0.1, -0.05) is 6.42 Å². The Kier molecular flexibility index (Phi) is 8.20. The number of ether oxygens (including phenoxy) is 2. The topological polar surface area (TPSA) is 97.2 Å². The molecule has 1 rings (SSSR count). The largest absolute Gasteiger partial charge is 0.497 e. The van der Waals surface area contributed by atoms with Gasteiger partial charge in [-0.2, -0.15) is 5.10 Å². The Bertz CT molecular complexity index is 557. The molecule has 2 N–H and O–H groups in total. The molecule has 0 aliphatic carbocycles. The standard InChI is InChI=1S/C16H22N2O5/c1-22-13-9-8-12(14(10-13)23-2)11-17-18-15(19)6-4-3-5-7-16(20)21/h8-11H,3-7H2,1-2H3,(H,18,19)(H,20,21)/b17-11+. The number of carbonyl (C=O) groups is 2. The van der Waals surface area contributed by atoms with E-state index in [9.17, 15) is 9.59 Å². The van der Waals surface area contributed by atoms with Crippen LogP contribution in [0.5, 0.6) is 11.5 Å². The van der Waals surface area contributed by atoms with Gasteiger partial charge in [0.25, 0.3) is 0 Å². The van der Waals surface area contributed by atoms with Crippen LogP contribution in [0.25, 0.3) is 0 Å². The van der Waals surface area contributed by atoms with E-state index in [2.05, 4.69) is 10.5 Å². The van der Waals surface area contributed by atoms with E-state index in [-0.39, 0.29) is 12.3 Å². The van der Waals surface area contributed by atoms with Gasteiger partial charge in [0.1, 0.15) is 11.5 Å². The number of hydrogen-bond donors (Lipinski definition) is 2. The van der Waals surface area contributed by atoms with Crippen molar-refractivity contribution in [1.29, 1.82) is 0 Å². The molecule has 0 bridgehead atoms. The molecule has 0 aromatic heterocycles. The van der Waals surface area contributed by atoms with Crippen molar-refractivity contribution in [2.24, 2.45) is 5.10 Å². The number of nitrogens with zero attached hydrogens (tertiary/aromatic N) is 1. The minimum Gasteiger partial charge on any atom is -0.497 e. The van der Waals surface area contributed by atoms with Crippen molar-refractivity contribution in [3.05, 3.63) is 23.8 Å². The number of nitrogens with one attached hydrogen (secondary N) is 1. The van der Waals surface area contributed by atoms with E-state index in [1.807, 2.05) is 0 Å². The second-order valence-corrected chi connectivity index (χ2v) is 4.86. The number of carbonyl (C=O) groups excluding carboxylic acids is 1. The number of rotatable bonds is 10. The summed E-state index contributed by atoms with van der Waals surface area (Å²) in [5, 5.41) is 12.4. The molecule has 0 fully saturated rings. The van der Waals surface area contributed by atoms with Crippen LogP contribution >= 0.6 is 0 Å². The number of amides is 1. The Morgan fingerprint density at radius 1 is 1.17 bits per heavy atom. The van der Waals surface area contributed by atoms with E-state index < -0.39 is 5.97 Å². The predicted molar refractivity (Wildman–Crippen MR) is 86.0 cm³/mol. The lowest BCUT2D eigenvalue weighted by Crippen LogP contribution is -2.17. The van der Waals surface area contributed by atoms with Gasteiger partial charge >= 0.3 is 5.97 Å². The van der Waals surface area contributed by atoms with Crippen LogP contribution in [0, 0.1) is 0 Å². The van der Waals surface area contributed by atoms with Gasteiger partial charge < -0.3 is 14.6 Å². The molecule has 0 unspecified atom stereocenters. The first-order chi connectivity index (χ1) is 11.1. The summed E-state index contributed by atoms with van der Waals surface area (Å²) in [4.78, 5) is 21.9. The summed E-state index contributed by atoms with van der Waals surface area (Å²) in [6.45, 7) is 0. The molecule has 0 saturated heterocycles. The number of benzene rings is 1. The third kappa shape index (κ3) is 7.30. The maximum atomic E-state index is 11.6. The highest BCUT2D eigenvalue weighted by molar-refractivity contribution is 5.85. The van der Waals surface area contributed by atoms with E-state index in [0.717, 1.165) is 5.56 Å². The molecular formula is C16H22N2O5. The number of carboxylic acids is 1. The third-order valence-corrected chi connectivity index (χ3v) is 3.13. The Morgan fingerprint density at radius 3 is 2.57 bits per heavy atom. The van der Waals surface area contributed by atoms with E-state index in [1.54, 1.807) is 32.4 Å². The second kappa shape index (κ2) is 10.2. The quantitative estimate of drug-likeness (QED) is 0.391. The fraction of sp³-hybridized carbons (Fsp3) is 0.438. The zero-order valence-corrected chi connectivity index (χ0v) is 13.4. The molecule has 0 heterocycles. The van der Waals surface area contributed by atoms with Gasteiger partial charge in [-0.3, -0.25) is 9.59 Å². The molecule has 1 aromatic rings. The summed E-state index contributed by atoms with van der Waals surface area (Å²) in [5.41, 5.74) is 3.16. The average Bonchev–Trinajstić information content (AvgIpc) is 2.54. The molecule has 0 spiro atoms. The Balaban J connectivity index is 2.37. The molecule has 0 aliphatic heterocycles. The van der Waals surface area contributed by atoms with Crippen LogP contribution in [-0.2, 0) is 9.59 Å². The predicted octanol–water partition coefficient (Wildman–Crippen LogP) is 2.19. The first-order valence-electron chi connectivity index (χ1n) is 7.32. The lowest BCUT2D eigenvalue weighted by molar-refractivity contribution is -0.137. The highest BCUT2D eigenvalue weighted by Gasteiger charge is 2.04. The maximum Gasteiger partial charge on any atom is 0.303 e. The molecule has 0 aliphatic rings. The molecule has 0 radical (unpaired) electrons. The van der Waals surface area contributed by atoms with E-state index >= 15 is 0 Å². The fourth-order valence-electron chi connectivity index (χ4n) is 1.89. The Labute approximate surface area is 135 Å². The fourth-order valence-corrected chi connectivity index (χ4v) is 1.89. The Hall–Kier alpha value is -2.57. The average molecular weight is 322 g/mol. The van der Waals surface area contributed by atoms with Crippen LogP contribution < -0.4 is 14.9 Å². The summed E-state index contributed by atoms with van der Waals surface area (Å²) in [7, 11) is 3.11. The van der Waals surface area contributed by atoms with Crippen LogP contribution in [0.15, 0.2) is 23.3 Å². The maximum absolute atomic E-state index is 11.6. The monoisotopic (exact) mass is 322 g/mol. The van der Waals surface area contributed by atoms with E-state index in [0.29, 0.717) is 37.2 Å². The first-order valence-corrected chi connectivity index (χ1v) is 7.32. The third-order valence-electron chi connectivity index (χ3n) is 3.13. The van der Waals surface area contributed by atoms with Gasteiger partial charge in [-0.05, 0) is 25.0 Å². The van der Waals surface area contributed by atoms with Crippen LogP contribution in [0.1, 0.15) is 37.7 Å². The number of carboxylic acid groups (broad SMARTS) is 1. The van der Waals surface area contributed by atoms with Crippen LogP contribution in [-0.4, -0.2) is 37.4 Å². The van der Waals surface area contributed by atoms with Crippen LogP contribution in [0.3, 0.4) is 0 Å². The molecule has 23 heavy (non-hydrogen) atoms. The minimum absolute atomic E-state index is 0.136. The number of hydrogen-bond acceptors (Lipinski definition) is 5. The number of hydrazone groups is 1. The number of unbranched alkanes of at least 4 members (excludes halogenated alkanes) is 2. The zero-order valence-electron chi connectivity index (χ0n) is 13.4. The molecule has 0 atom stereocenters. The van der Waals surface area contributed by atoms with Gasteiger partial charge in [0, 0.05) is 24.5 Å². The zero-order chi connectivity index (χ0) is 17.1. The van der Waals surface area contributed by atoms with Gasteiger partial charge in [-0.15, -0.1) is 0 Å². The van der Waals surface area contributed by atoms with Crippen molar-refractivity contribution < 1.29 is 24.2 Å². The smallest absolute Gasteiger partial charge is 0.303 e. The van der Waals surface area contributed by atoms with Crippen molar-refractivity contribution in [3.63, 3.8) is 0 Å². The van der Waals surface area contributed by atoms with E-state index in [4.69, 9.17) is 14.6 Å². The molecule has 7 heteroatoms. The van der Waals surface area contributed by atoms with Crippen molar-refractivity contribution in [2.75, 3.05) is 14.2 Å². The highest BCUT2D eigenvalue weighted by atomic mass is 16.5. The molecular weight excluding hydrogens is 300 g/mol. The molecule has 126 valence electrons. The van der Waals surface area contributed by atoms with Gasteiger partial charge in [0.15, 0.2) is 0 Å². The highest BCUT2D eigenvalue weighted by Crippen LogP contribution is 2.22. The summed E-state index contributed by atoms with van der Waals surface area (Å²) < 4.78 is 10.3. The van der Waals surface area contributed by atoms with Crippen LogP contribution in [0.4, 0.5) is 0 Å².